The summed E-state index contributed by atoms with van der Waals surface area (Å²) in [5.74, 6) is -0.483. The lowest BCUT2D eigenvalue weighted by Crippen LogP contribution is -2.42. The minimum atomic E-state index is -0.328. The highest BCUT2D eigenvalue weighted by Crippen LogP contribution is 2.22. The number of halogens is 1. The molecular formula is C25H30FN5O. The van der Waals surface area contributed by atoms with E-state index in [0.29, 0.717) is 11.6 Å². The zero-order valence-electron chi connectivity index (χ0n) is 18.6. The van der Waals surface area contributed by atoms with E-state index in [-0.39, 0.29) is 18.1 Å². The van der Waals surface area contributed by atoms with E-state index in [1.54, 1.807) is 12.1 Å². The normalized spacial score (nSPS) is 14.5. The predicted molar refractivity (Wildman–Crippen MR) is 125 cm³/mol. The molecule has 1 aliphatic rings. The van der Waals surface area contributed by atoms with E-state index < -0.39 is 0 Å². The van der Waals surface area contributed by atoms with E-state index in [0.717, 1.165) is 49.5 Å². The van der Waals surface area contributed by atoms with Crippen molar-refractivity contribution in [2.45, 2.75) is 38.8 Å². The summed E-state index contributed by atoms with van der Waals surface area (Å²) in [6.07, 6.45) is 2.31. The van der Waals surface area contributed by atoms with Crippen LogP contribution in [0.4, 0.5) is 15.8 Å². The summed E-state index contributed by atoms with van der Waals surface area (Å²) in [6.45, 7) is 4.85. The van der Waals surface area contributed by atoms with Crippen LogP contribution in [0, 0.1) is 12.7 Å². The van der Waals surface area contributed by atoms with Crippen LogP contribution in [0.3, 0.4) is 0 Å². The van der Waals surface area contributed by atoms with E-state index in [4.69, 9.17) is 0 Å². The third kappa shape index (κ3) is 5.73. The number of rotatable bonds is 7. The maximum absolute atomic E-state index is 13.3. The minimum absolute atomic E-state index is 0.151. The number of piperidine rings is 1. The van der Waals surface area contributed by atoms with Gasteiger partial charge < -0.3 is 15.5 Å². The van der Waals surface area contributed by atoms with Crippen LogP contribution < -0.4 is 15.5 Å². The number of carbonyl (C=O) groups is 1. The number of nitrogens with zero attached hydrogens (tertiary/aromatic N) is 3. The fourth-order valence-corrected chi connectivity index (χ4v) is 4.11. The number of aryl methyl sites for hydroxylation is 2. The molecule has 1 aliphatic heterocycles. The van der Waals surface area contributed by atoms with Gasteiger partial charge in [-0.3, -0.25) is 9.48 Å². The fraction of sp³-hybridized carbons (Fsp3) is 0.360. The number of aromatic nitrogens is 2. The van der Waals surface area contributed by atoms with Crippen LogP contribution in [0.1, 0.15) is 29.8 Å². The van der Waals surface area contributed by atoms with Gasteiger partial charge in [0.2, 0.25) is 5.91 Å². The summed E-state index contributed by atoms with van der Waals surface area (Å²) in [4.78, 5) is 14.6. The maximum Gasteiger partial charge on any atom is 0.228 e. The molecule has 0 unspecified atom stereocenters. The van der Waals surface area contributed by atoms with Crippen molar-refractivity contribution in [2.75, 3.05) is 23.3 Å². The molecule has 1 aromatic heterocycles. The van der Waals surface area contributed by atoms with Crippen molar-refractivity contribution in [3.63, 3.8) is 0 Å². The van der Waals surface area contributed by atoms with Gasteiger partial charge in [0.1, 0.15) is 5.82 Å². The Bertz CT molecular complexity index is 1030. The first-order valence-corrected chi connectivity index (χ1v) is 11.1. The standard InChI is InChI=1S/C25H30FN5O/c1-18-14-23(29-30(18)2)17-27-21-10-12-31(13-11-21)24-8-6-22(7-9-24)28-25(32)16-19-4-3-5-20(26)15-19/h3-9,14-15,21,27H,10-13,16-17H2,1-2H3,(H,28,32). The van der Waals surface area contributed by atoms with Crippen LogP contribution in [0.2, 0.25) is 0 Å². The monoisotopic (exact) mass is 435 g/mol. The molecule has 6 nitrogen and oxygen atoms in total. The van der Waals surface area contributed by atoms with Gasteiger partial charge in [0, 0.05) is 49.8 Å². The van der Waals surface area contributed by atoms with Crippen molar-refractivity contribution >= 4 is 17.3 Å². The van der Waals surface area contributed by atoms with E-state index in [2.05, 4.69) is 33.6 Å². The van der Waals surface area contributed by atoms with Gasteiger partial charge in [0.25, 0.3) is 0 Å². The smallest absolute Gasteiger partial charge is 0.228 e. The summed E-state index contributed by atoms with van der Waals surface area (Å²) in [5.41, 5.74) is 4.82. The Labute approximate surface area is 188 Å². The van der Waals surface area contributed by atoms with Gasteiger partial charge in [-0.1, -0.05) is 12.1 Å². The summed E-state index contributed by atoms with van der Waals surface area (Å²) in [7, 11) is 1.97. The summed E-state index contributed by atoms with van der Waals surface area (Å²) >= 11 is 0. The maximum atomic E-state index is 13.3. The van der Waals surface area contributed by atoms with Crippen molar-refractivity contribution in [1.82, 2.24) is 15.1 Å². The Morgan fingerprint density at radius 2 is 1.88 bits per heavy atom. The molecule has 0 saturated carbocycles. The average molecular weight is 436 g/mol. The van der Waals surface area contributed by atoms with Crippen molar-refractivity contribution in [2.24, 2.45) is 7.05 Å². The van der Waals surface area contributed by atoms with E-state index in [9.17, 15) is 9.18 Å². The van der Waals surface area contributed by atoms with Crippen molar-refractivity contribution in [1.29, 1.82) is 0 Å². The lowest BCUT2D eigenvalue weighted by atomic mass is 10.0. The SMILES string of the molecule is Cc1cc(CNC2CCN(c3ccc(NC(=O)Cc4cccc(F)c4)cc3)CC2)nn1C. The van der Waals surface area contributed by atoms with Gasteiger partial charge in [-0.25, -0.2) is 4.39 Å². The molecule has 7 heteroatoms. The first kappa shape index (κ1) is 22.0. The summed E-state index contributed by atoms with van der Waals surface area (Å²) < 4.78 is 15.2. The van der Waals surface area contributed by atoms with Gasteiger partial charge in [-0.2, -0.15) is 5.10 Å². The number of benzene rings is 2. The number of hydrogen-bond donors (Lipinski definition) is 2. The molecule has 0 aliphatic carbocycles. The molecule has 32 heavy (non-hydrogen) atoms. The Balaban J connectivity index is 1.23. The average Bonchev–Trinajstić information content (AvgIpc) is 3.10. The lowest BCUT2D eigenvalue weighted by molar-refractivity contribution is -0.115. The molecule has 2 aromatic carbocycles. The third-order valence-corrected chi connectivity index (χ3v) is 6.00. The first-order valence-electron chi connectivity index (χ1n) is 11.1. The molecule has 0 atom stereocenters. The highest BCUT2D eigenvalue weighted by molar-refractivity contribution is 5.92. The van der Waals surface area contributed by atoms with Crippen molar-refractivity contribution in [3.8, 4) is 0 Å². The fourth-order valence-electron chi connectivity index (χ4n) is 4.11. The van der Waals surface area contributed by atoms with Crippen LogP contribution in [-0.2, 0) is 24.8 Å². The highest BCUT2D eigenvalue weighted by atomic mass is 19.1. The molecule has 1 fully saturated rings. The van der Waals surface area contributed by atoms with Gasteiger partial charge in [0.15, 0.2) is 0 Å². The zero-order valence-corrected chi connectivity index (χ0v) is 18.6. The number of nitrogens with one attached hydrogen (secondary N) is 2. The molecule has 1 amide bonds. The van der Waals surface area contributed by atoms with E-state index in [1.807, 2.05) is 36.0 Å². The van der Waals surface area contributed by atoms with Gasteiger partial charge >= 0.3 is 0 Å². The molecule has 2 heterocycles. The molecule has 0 bridgehead atoms. The zero-order chi connectivity index (χ0) is 22.5. The molecule has 0 spiro atoms. The number of anilines is 2. The Morgan fingerprint density at radius 1 is 1.12 bits per heavy atom. The second-order valence-corrected chi connectivity index (χ2v) is 8.44. The Morgan fingerprint density at radius 3 is 2.53 bits per heavy atom. The molecule has 168 valence electrons. The van der Waals surface area contributed by atoms with Gasteiger partial charge in [-0.05, 0) is 67.8 Å². The Hall–Kier alpha value is -3.19. The molecule has 3 aromatic rings. The molecule has 2 N–H and O–H groups in total. The number of hydrogen-bond acceptors (Lipinski definition) is 4. The Kier molecular flexibility index (Phi) is 6.85. The highest BCUT2D eigenvalue weighted by Gasteiger charge is 2.19. The summed E-state index contributed by atoms with van der Waals surface area (Å²) in [6, 6.07) is 16.7. The second kappa shape index (κ2) is 9.96. The van der Waals surface area contributed by atoms with Gasteiger partial charge in [0.05, 0.1) is 12.1 Å². The van der Waals surface area contributed by atoms with Crippen molar-refractivity contribution < 1.29 is 9.18 Å². The number of amides is 1. The molecule has 1 saturated heterocycles. The minimum Gasteiger partial charge on any atom is -0.371 e. The summed E-state index contributed by atoms with van der Waals surface area (Å²) in [5, 5.41) is 11.0. The quantitative estimate of drug-likeness (QED) is 0.593. The molecule has 0 radical (unpaired) electrons. The number of carbonyl (C=O) groups excluding carboxylic acids is 1. The van der Waals surface area contributed by atoms with E-state index >= 15 is 0 Å². The van der Waals surface area contributed by atoms with Crippen LogP contribution in [0.15, 0.2) is 54.6 Å². The second-order valence-electron chi connectivity index (χ2n) is 8.44. The van der Waals surface area contributed by atoms with Gasteiger partial charge in [-0.15, -0.1) is 0 Å². The molecular weight excluding hydrogens is 405 g/mol. The molecule has 4 rings (SSSR count). The van der Waals surface area contributed by atoms with Crippen LogP contribution in [-0.4, -0.2) is 34.8 Å². The lowest BCUT2D eigenvalue weighted by Gasteiger charge is -2.34. The van der Waals surface area contributed by atoms with Crippen LogP contribution in [0.25, 0.3) is 0 Å². The first-order chi connectivity index (χ1) is 15.5. The third-order valence-electron chi connectivity index (χ3n) is 6.00. The van der Waals surface area contributed by atoms with Crippen LogP contribution >= 0.6 is 0 Å². The van der Waals surface area contributed by atoms with Crippen LogP contribution in [0.5, 0.6) is 0 Å². The van der Waals surface area contributed by atoms with Crippen molar-refractivity contribution in [3.05, 3.63) is 77.4 Å². The van der Waals surface area contributed by atoms with E-state index in [1.165, 1.54) is 17.8 Å². The topological polar surface area (TPSA) is 62.2 Å². The predicted octanol–water partition coefficient (Wildman–Crippen LogP) is 3.81. The largest absolute Gasteiger partial charge is 0.371 e.